The summed E-state index contributed by atoms with van der Waals surface area (Å²) in [5.41, 5.74) is 2.12. The number of nitrogens with one attached hydrogen (secondary N) is 2. The van der Waals surface area contributed by atoms with Gasteiger partial charge in [-0.3, -0.25) is 5.10 Å². The van der Waals surface area contributed by atoms with Crippen LogP contribution in [-0.4, -0.2) is 15.2 Å². The topological polar surface area (TPSA) is 58.0 Å². The second-order valence-corrected chi connectivity index (χ2v) is 3.99. The number of anilines is 2. The number of aromatic amines is 1. The minimum absolute atomic E-state index is 0.203. The Morgan fingerprint density at radius 1 is 1.35 bits per heavy atom. The summed E-state index contributed by atoms with van der Waals surface area (Å²) in [6.45, 7) is 10.7. The molecule has 0 aliphatic carbocycles. The molecule has 0 atom stereocenters. The number of hydrogen-bond acceptors (Lipinski definition) is 3. The molecule has 2 aromatic rings. The van der Waals surface area contributed by atoms with E-state index >= 15 is 0 Å². The van der Waals surface area contributed by atoms with Crippen LogP contribution in [0.25, 0.3) is 4.85 Å². The van der Waals surface area contributed by atoms with Crippen molar-refractivity contribution in [1.29, 1.82) is 0 Å². The second kappa shape index (κ2) is 4.44. The molecule has 2 heterocycles. The molecule has 17 heavy (non-hydrogen) atoms. The van der Waals surface area contributed by atoms with Crippen LogP contribution in [0.15, 0.2) is 12.1 Å². The van der Waals surface area contributed by atoms with Crippen LogP contribution in [-0.2, 0) is 0 Å². The highest BCUT2D eigenvalue weighted by Gasteiger charge is 2.08. The average Bonchev–Trinajstić information content (AvgIpc) is 2.63. The maximum Gasteiger partial charge on any atom is 0.226 e. The molecule has 5 nitrogen and oxygen atoms in total. The van der Waals surface area contributed by atoms with Crippen molar-refractivity contribution in [3.05, 3.63) is 40.0 Å². The van der Waals surface area contributed by atoms with E-state index in [0.717, 1.165) is 11.3 Å². The number of aromatic nitrogens is 3. The summed E-state index contributed by atoms with van der Waals surface area (Å²) in [5, 5.41) is 10.1. The van der Waals surface area contributed by atoms with E-state index in [1.165, 1.54) is 0 Å². The van der Waals surface area contributed by atoms with Gasteiger partial charge in [0.25, 0.3) is 0 Å². The molecule has 2 N–H and O–H groups in total. The van der Waals surface area contributed by atoms with Gasteiger partial charge < -0.3 is 5.32 Å². The molecule has 0 spiro atoms. The molecule has 0 unspecified atom stereocenters. The van der Waals surface area contributed by atoms with E-state index in [0.29, 0.717) is 17.3 Å². The smallest absolute Gasteiger partial charge is 0.226 e. The Morgan fingerprint density at radius 2 is 2.12 bits per heavy atom. The lowest BCUT2D eigenvalue weighted by atomic mass is 10.2. The predicted octanol–water partition coefficient (Wildman–Crippen LogP) is 3.37. The molecule has 0 amide bonds. The summed E-state index contributed by atoms with van der Waals surface area (Å²) < 4.78 is 0. The van der Waals surface area contributed by atoms with Gasteiger partial charge in [0, 0.05) is 11.8 Å². The van der Waals surface area contributed by atoms with Gasteiger partial charge in [-0.15, -0.1) is 0 Å². The number of nitrogens with zero attached hydrogens (tertiary/aromatic N) is 3. The van der Waals surface area contributed by atoms with E-state index in [1.807, 2.05) is 19.9 Å². The molecule has 0 bridgehead atoms. The summed E-state index contributed by atoms with van der Waals surface area (Å²) in [7, 11) is 0. The molecule has 2 aromatic heterocycles. The van der Waals surface area contributed by atoms with Crippen LogP contribution in [0.1, 0.15) is 11.3 Å². The van der Waals surface area contributed by atoms with Crippen molar-refractivity contribution < 1.29 is 0 Å². The summed E-state index contributed by atoms with van der Waals surface area (Å²) >= 11 is 5.91. The summed E-state index contributed by atoms with van der Waals surface area (Å²) in [4.78, 5) is 7.42. The average molecular weight is 248 g/mol. The van der Waals surface area contributed by atoms with Crippen molar-refractivity contribution in [3.8, 4) is 0 Å². The van der Waals surface area contributed by atoms with Crippen LogP contribution in [0.4, 0.5) is 17.3 Å². The molecule has 2 rings (SSSR count). The lowest BCUT2D eigenvalue weighted by Gasteiger charge is -2.05. The number of pyridine rings is 1. The monoisotopic (exact) mass is 247 g/mol. The fraction of sp³-hybridized carbons (Fsp3) is 0.182. The highest BCUT2D eigenvalue weighted by molar-refractivity contribution is 6.32. The van der Waals surface area contributed by atoms with Crippen LogP contribution in [0.3, 0.4) is 0 Å². The minimum Gasteiger partial charge on any atom is -0.324 e. The Bertz CT molecular complexity index is 573. The van der Waals surface area contributed by atoms with Gasteiger partial charge in [-0.1, -0.05) is 11.6 Å². The first-order valence-electron chi connectivity index (χ1n) is 4.94. The van der Waals surface area contributed by atoms with Gasteiger partial charge in [-0.25, -0.2) is 9.83 Å². The van der Waals surface area contributed by atoms with Crippen molar-refractivity contribution in [3.63, 3.8) is 0 Å². The first-order chi connectivity index (χ1) is 8.10. The van der Waals surface area contributed by atoms with Crippen molar-refractivity contribution in [2.75, 3.05) is 5.32 Å². The van der Waals surface area contributed by atoms with Crippen molar-refractivity contribution >= 4 is 28.9 Å². The fourth-order valence-electron chi connectivity index (χ4n) is 1.44. The quantitative estimate of drug-likeness (QED) is 0.632. The Labute approximate surface area is 104 Å². The van der Waals surface area contributed by atoms with Crippen molar-refractivity contribution in [2.24, 2.45) is 0 Å². The third-order valence-electron chi connectivity index (χ3n) is 2.21. The lowest BCUT2D eigenvalue weighted by Crippen LogP contribution is -1.95. The first-order valence-corrected chi connectivity index (χ1v) is 5.31. The highest BCUT2D eigenvalue weighted by atomic mass is 35.5. The van der Waals surface area contributed by atoms with Gasteiger partial charge in [-0.05, 0) is 25.5 Å². The second-order valence-electron chi connectivity index (χ2n) is 3.64. The molecule has 6 heteroatoms. The van der Waals surface area contributed by atoms with Gasteiger partial charge in [0.05, 0.1) is 6.57 Å². The zero-order valence-electron chi connectivity index (χ0n) is 9.37. The lowest BCUT2D eigenvalue weighted by molar-refractivity contribution is 1.05. The Morgan fingerprint density at radius 3 is 2.65 bits per heavy atom. The Kier molecular flexibility index (Phi) is 2.98. The maximum absolute atomic E-state index is 6.98. The molecule has 0 aliphatic heterocycles. The minimum atomic E-state index is 0.203. The Balaban J connectivity index is 2.32. The standard InChI is InChI=1S/C11H10ClN5/c1-6-4-8(15-11(12)10(6)13-3)14-9-5-7(2)16-17-9/h4-5H,1-2H3,(H2,14,15,16,17). The number of aryl methyl sites for hydroxylation is 2. The van der Waals surface area contributed by atoms with Crippen molar-refractivity contribution in [2.45, 2.75) is 13.8 Å². The maximum atomic E-state index is 6.98. The molecule has 86 valence electrons. The fourth-order valence-corrected chi connectivity index (χ4v) is 1.72. The zero-order valence-corrected chi connectivity index (χ0v) is 10.1. The predicted molar refractivity (Wildman–Crippen MR) is 66.9 cm³/mol. The van der Waals surface area contributed by atoms with Gasteiger partial charge >= 0.3 is 0 Å². The zero-order chi connectivity index (χ0) is 12.4. The Hall–Kier alpha value is -2.06. The molecule has 0 aliphatic rings. The van der Waals surface area contributed by atoms with Gasteiger partial charge in [-0.2, -0.15) is 5.10 Å². The highest BCUT2D eigenvalue weighted by Crippen LogP contribution is 2.29. The third kappa shape index (κ3) is 2.37. The van der Waals surface area contributed by atoms with E-state index in [2.05, 4.69) is 25.3 Å². The van der Waals surface area contributed by atoms with E-state index in [9.17, 15) is 0 Å². The third-order valence-corrected chi connectivity index (χ3v) is 2.48. The molecular weight excluding hydrogens is 238 g/mol. The number of halogens is 1. The number of hydrogen-bond donors (Lipinski definition) is 2. The SMILES string of the molecule is [C-]#[N+]c1c(C)cc(Nc2cc(C)[nH]n2)nc1Cl. The van der Waals surface area contributed by atoms with Gasteiger partial charge in [0.15, 0.2) is 5.82 Å². The summed E-state index contributed by atoms with van der Waals surface area (Å²) in [5.74, 6) is 1.24. The molecule has 0 saturated carbocycles. The van der Waals surface area contributed by atoms with E-state index < -0.39 is 0 Å². The van der Waals surface area contributed by atoms with Crippen LogP contribution >= 0.6 is 11.6 Å². The molecule has 0 saturated heterocycles. The molecule has 0 aromatic carbocycles. The summed E-state index contributed by atoms with van der Waals surface area (Å²) in [6.07, 6.45) is 0. The normalized spacial score (nSPS) is 10.0. The van der Waals surface area contributed by atoms with Gasteiger partial charge in [0.2, 0.25) is 5.69 Å². The first kappa shape index (κ1) is 11.4. The van der Waals surface area contributed by atoms with Crippen LogP contribution in [0.2, 0.25) is 5.15 Å². The molecule has 0 fully saturated rings. The molecule has 0 radical (unpaired) electrons. The summed E-state index contributed by atoms with van der Waals surface area (Å²) in [6, 6.07) is 3.62. The number of rotatable bonds is 2. The number of H-pyrrole nitrogens is 1. The van der Waals surface area contributed by atoms with Crippen LogP contribution < -0.4 is 5.32 Å². The van der Waals surface area contributed by atoms with Crippen molar-refractivity contribution in [1.82, 2.24) is 15.2 Å². The van der Waals surface area contributed by atoms with Crippen LogP contribution in [0, 0.1) is 20.4 Å². The largest absolute Gasteiger partial charge is 0.324 e. The van der Waals surface area contributed by atoms with E-state index in [1.54, 1.807) is 6.07 Å². The van der Waals surface area contributed by atoms with Crippen LogP contribution in [0.5, 0.6) is 0 Å². The van der Waals surface area contributed by atoms with E-state index in [-0.39, 0.29) is 5.15 Å². The molecular formula is C11H10ClN5. The van der Waals surface area contributed by atoms with E-state index in [4.69, 9.17) is 18.2 Å². The van der Waals surface area contributed by atoms with Gasteiger partial charge in [0.1, 0.15) is 11.0 Å².